The van der Waals surface area contributed by atoms with Crippen LogP contribution in [0.1, 0.15) is 5.56 Å². The molecule has 0 saturated heterocycles. The SMILES string of the molecule is O=S1(=O)C=C(C(Cl)(Cl)Cl)c2ccccc21. The average Bonchev–Trinajstić information content (AvgIpc) is 2.39. The summed E-state index contributed by atoms with van der Waals surface area (Å²) >= 11 is 17.1. The number of alkyl halides is 3. The highest BCUT2D eigenvalue weighted by Crippen LogP contribution is 2.47. The zero-order valence-corrected chi connectivity index (χ0v) is 10.3. The van der Waals surface area contributed by atoms with Crippen LogP contribution in [0.25, 0.3) is 5.57 Å². The van der Waals surface area contributed by atoms with E-state index in [2.05, 4.69) is 0 Å². The van der Waals surface area contributed by atoms with Crippen molar-refractivity contribution in [1.29, 1.82) is 0 Å². The Balaban J connectivity index is 2.75. The number of rotatable bonds is 0. The van der Waals surface area contributed by atoms with Crippen LogP contribution in [0.15, 0.2) is 34.6 Å². The van der Waals surface area contributed by atoms with Gasteiger partial charge in [-0.25, -0.2) is 8.42 Å². The van der Waals surface area contributed by atoms with E-state index in [1.165, 1.54) is 6.07 Å². The lowest BCUT2D eigenvalue weighted by Crippen LogP contribution is -2.03. The number of halogens is 3. The fraction of sp³-hybridized carbons (Fsp3) is 0.111. The summed E-state index contributed by atoms with van der Waals surface area (Å²) in [4.78, 5) is 0.186. The summed E-state index contributed by atoms with van der Waals surface area (Å²) in [6.07, 6.45) is 0. The summed E-state index contributed by atoms with van der Waals surface area (Å²) in [6.45, 7) is 0. The van der Waals surface area contributed by atoms with Crippen molar-refractivity contribution in [1.82, 2.24) is 0 Å². The zero-order valence-electron chi connectivity index (χ0n) is 7.25. The molecule has 1 aromatic rings. The van der Waals surface area contributed by atoms with Gasteiger partial charge in [0.15, 0.2) is 0 Å². The molecule has 0 fully saturated rings. The van der Waals surface area contributed by atoms with Gasteiger partial charge in [-0.3, -0.25) is 0 Å². The summed E-state index contributed by atoms with van der Waals surface area (Å²) in [5.41, 5.74) is 0.653. The average molecular weight is 284 g/mol. The molecule has 15 heavy (non-hydrogen) atoms. The van der Waals surface area contributed by atoms with Gasteiger partial charge in [-0.05, 0) is 6.07 Å². The molecule has 0 radical (unpaired) electrons. The van der Waals surface area contributed by atoms with Gasteiger partial charge in [-0.15, -0.1) is 0 Å². The van der Waals surface area contributed by atoms with E-state index in [1.807, 2.05) is 0 Å². The lowest BCUT2D eigenvalue weighted by molar-refractivity contribution is 0.605. The molecule has 0 unspecified atom stereocenters. The molecule has 2 rings (SSSR count). The first-order valence-electron chi connectivity index (χ1n) is 3.96. The molecule has 6 heteroatoms. The Hall–Kier alpha value is -0.220. The molecule has 0 amide bonds. The van der Waals surface area contributed by atoms with Crippen molar-refractivity contribution in [3.63, 3.8) is 0 Å². The molecule has 2 nitrogen and oxygen atoms in total. The van der Waals surface area contributed by atoms with Gasteiger partial charge >= 0.3 is 0 Å². The summed E-state index contributed by atoms with van der Waals surface area (Å²) in [7, 11) is -3.45. The molecular formula is C9H5Cl3O2S. The Labute approximate surface area is 102 Å². The van der Waals surface area contributed by atoms with E-state index < -0.39 is 13.6 Å². The van der Waals surface area contributed by atoms with Crippen LogP contribution in [0.2, 0.25) is 0 Å². The predicted molar refractivity (Wildman–Crippen MR) is 61.9 cm³/mol. The Morgan fingerprint density at radius 1 is 1.07 bits per heavy atom. The maximum absolute atomic E-state index is 11.7. The fourth-order valence-corrected chi connectivity index (χ4v) is 3.60. The molecule has 0 aliphatic carbocycles. The third-order valence-corrected chi connectivity index (χ3v) is 4.19. The second-order valence-corrected chi connectivity index (χ2v) is 7.12. The van der Waals surface area contributed by atoms with Crippen molar-refractivity contribution in [3.05, 3.63) is 35.2 Å². The fourth-order valence-electron chi connectivity index (χ4n) is 1.44. The lowest BCUT2D eigenvalue weighted by Gasteiger charge is -2.12. The van der Waals surface area contributed by atoms with Crippen molar-refractivity contribution < 1.29 is 8.42 Å². The number of fused-ring (bicyclic) bond motifs is 1. The highest BCUT2D eigenvalue weighted by Gasteiger charge is 2.37. The molecule has 1 aliphatic rings. The van der Waals surface area contributed by atoms with E-state index in [1.54, 1.807) is 18.2 Å². The van der Waals surface area contributed by atoms with Crippen molar-refractivity contribution in [2.45, 2.75) is 8.69 Å². The van der Waals surface area contributed by atoms with Crippen molar-refractivity contribution in [2.24, 2.45) is 0 Å². The largest absolute Gasteiger partial charge is 0.219 e. The van der Waals surface area contributed by atoms with Gasteiger partial charge in [0.25, 0.3) is 0 Å². The first kappa shape index (κ1) is 11.3. The molecule has 1 aromatic carbocycles. The molecule has 0 aromatic heterocycles. The van der Waals surface area contributed by atoms with Gasteiger partial charge in [0, 0.05) is 16.5 Å². The normalized spacial score (nSPS) is 18.5. The van der Waals surface area contributed by atoms with Crippen LogP contribution in [0.3, 0.4) is 0 Å². The molecule has 1 aliphatic heterocycles. The standard InChI is InChI=1S/C9H5Cl3O2S/c10-9(11,12)7-5-15(13,14)8-4-2-1-3-6(7)8/h1-5H. The minimum atomic E-state index is -3.45. The van der Waals surface area contributed by atoms with Crippen LogP contribution in [-0.4, -0.2) is 12.2 Å². The lowest BCUT2D eigenvalue weighted by atomic mass is 10.1. The first-order valence-corrected chi connectivity index (χ1v) is 6.64. The van der Waals surface area contributed by atoms with Gasteiger partial charge < -0.3 is 0 Å². The van der Waals surface area contributed by atoms with Gasteiger partial charge in [0.05, 0.1) is 4.90 Å². The third kappa shape index (κ3) is 1.89. The van der Waals surface area contributed by atoms with Crippen LogP contribution in [0.5, 0.6) is 0 Å². The third-order valence-electron chi connectivity index (χ3n) is 2.06. The number of hydrogen-bond acceptors (Lipinski definition) is 2. The minimum Gasteiger partial charge on any atom is -0.219 e. The molecule has 0 spiro atoms. The quantitative estimate of drug-likeness (QED) is 0.685. The predicted octanol–water partition coefficient (Wildman–Crippen LogP) is 3.19. The van der Waals surface area contributed by atoms with Gasteiger partial charge in [0.1, 0.15) is 0 Å². The Morgan fingerprint density at radius 3 is 2.27 bits per heavy atom. The Kier molecular flexibility index (Phi) is 2.54. The number of hydrogen-bond donors (Lipinski definition) is 0. The van der Waals surface area contributed by atoms with Gasteiger partial charge in [-0.1, -0.05) is 53.0 Å². The molecule has 0 saturated carbocycles. The smallest absolute Gasteiger partial charge is 0.217 e. The molecule has 1 heterocycles. The molecule has 80 valence electrons. The monoisotopic (exact) mass is 282 g/mol. The second kappa shape index (κ2) is 3.39. The zero-order chi connectivity index (χ0) is 11.3. The summed E-state index contributed by atoms with van der Waals surface area (Å²) in [5.74, 6) is 0. The second-order valence-electron chi connectivity index (χ2n) is 3.07. The summed E-state index contributed by atoms with van der Waals surface area (Å²) in [6, 6.07) is 6.44. The van der Waals surface area contributed by atoms with E-state index in [0.29, 0.717) is 5.56 Å². The van der Waals surface area contributed by atoms with E-state index in [0.717, 1.165) is 5.41 Å². The van der Waals surface area contributed by atoms with E-state index in [-0.39, 0.29) is 10.5 Å². The van der Waals surface area contributed by atoms with Crippen molar-refractivity contribution in [2.75, 3.05) is 0 Å². The highest BCUT2D eigenvalue weighted by molar-refractivity contribution is 7.95. The maximum Gasteiger partial charge on any atom is 0.217 e. The van der Waals surface area contributed by atoms with Crippen LogP contribution in [-0.2, 0) is 9.84 Å². The molecule has 0 atom stereocenters. The van der Waals surface area contributed by atoms with Crippen LogP contribution < -0.4 is 0 Å². The van der Waals surface area contributed by atoms with Crippen LogP contribution in [0, 0.1) is 0 Å². The van der Waals surface area contributed by atoms with E-state index in [9.17, 15) is 8.42 Å². The summed E-state index contributed by atoms with van der Waals surface area (Å²) in [5, 5.41) is 1.00. The van der Waals surface area contributed by atoms with E-state index in [4.69, 9.17) is 34.8 Å². The van der Waals surface area contributed by atoms with Crippen molar-refractivity contribution in [3.8, 4) is 0 Å². The highest BCUT2D eigenvalue weighted by atomic mass is 35.6. The van der Waals surface area contributed by atoms with E-state index >= 15 is 0 Å². The maximum atomic E-state index is 11.7. The molecule has 0 bridgehead atoms. The van der Waals surface area contributed by atoms with Gasteiger partial charge in [-0.2, -0.15) is 0 Å². The molecule has 0 N–H and O–H groups in total. The molecular weight excluding hydrogens is 279 g/mol. The minimum absolute atomic E-state index is 0.186. The topological polar surface area (TPSA) is 34.1 Å². The number of benzene rings is 1. The number of allylic oxidation sites excluding steroid dienone is 1. The van der Waals surface area contributed by atoms with Crippen molar-refractivity contribution >= 4 is 50.2 Å². The van der Waals surface area contributed by atoms with Crippen LogP contribution in [0.4, 0.5) is 0 Å². The summed E-state index contributed by atoms with van der Waals surface area (Å²) < 4.78 is 21.6. The Bertz CT molecular complexity index is 541. The van der Waals surface area contributed by atoms with Crippen LogP contribution >= 0.6 is 34.8 Å². The first-order chi connectivity index (χ1) is 6.82. The van der Waals surface area contributed by atoms with Gasteiger partial charge in [0.2, 0.25) is 13.6 Å². The Morgan fingerprint density at radius 2 is 1.67 bits per heavy atom. The number of sulfone groups is 1.